The molecule has 0 aliphatic heterocycles. The molecule has 3 aromatic carbocycles. The summed E-state index contributed by atoms with van der Waals surface area (Å²) in [7, 11) is 0. The van der Waals surface area contributed by atoms with Gasteiger partial charge >= 0.3 is 0 Å². The van der Waals surface area contributed by atoms with Crippen molar-refractivity contribution in [1.29, 1.82) is 0 Å². The fourth-order valence-electron chi connectivity index (χ4n) is 4.55. The third kappa shape index (κ3) is 5.88. The Balaban J connectivity index is 1.78. The van der Waals surface area contributed by atoms with Crippen molar-refractivity contribution in [1.82, 2.24) is 5.32 Å². The molecule has 0 atom stereocenters. The van der Waals surface area contributed by atoms with Gasteiger partial charge in [0.25, 0.3) is 0 Å². The van der Waals surface area contributed by atoms with Gasteiger partial charge in [-0.25, -0.2) is 0 Å². The third-order valence-corrected chi connectivity index (χ3v) is 6.28. The predicted molar refractivity (Wildman–Crippen MR) is 135 cm³/mol. The molecule has 0 heterocycles. The van der Waals surface area contributed by atoms with Gasteiger partial charge in [0.2, 0.25) is 5.91 Å². The third-order valence-electron chi connectivity index (χ3n) is 6.28. The molecule has 32 heavy (non-hydrogen) atoms. The first-order chi connectivity index (χ1) is 15.8. The Hall–Kier alpha value is -2.87. The van der Waals surface area contributed by atoms with Crippen molar-refractivity contribution >= 4 is 5.91 Å². The lowest BCUT2D eigenvalue weighted by molar-refractivity contribution is -0.124. The van der Waals surface area contributed by atoms with Crippen molar-refractivity contribution in [3.63, 3.8) is 0 Å². The molecular weight excluding hydrogens is 390 g/mol. The highest BCUT2D eigenvalue weighted by Crippen LogP contribution is 2.39. The highest BCUT2D eigenvalue weighted by atomic mass is 16.2. The van der Waals surface area contributed by atoms with Crippen LogP contribution in [0.4, 0.5) is 0 Å². The van der Waals surface area contributed by atoms with E-state index >= 15 is 0 Å². The number of benzene rings is 3. The van der Waals surface area contributed by atoms with Crippen molar-refractivity contribution in [2.45, 2.75) is 63.7 Å². The van der Waals surface area contributed by atoms with Crippen LogP contribution in [0.2, 0.25) is 0 Å². The van der Waals surface area contributed by atoms with Crippen LogP contribution in [0.1, 0.15) is 75.0 Å². The summed E-state index contributed by atoms with van der Waals surface area (Å²) in [5, 5.41) is 3.29. The number of hydrogen-bond acceptors (Lipinski definition) is 1. The van der Waals surface area contributed by atoms with Crippen LogP contribution in [0.3, 0.4) is 0 Å². The van der Waals surface area contributed by atoms with Gasteiger partial charge in [0.1, 0.15) is 5.41 Å². The van der Waals surface area contributed by atoms with Gasteiger partial charge in [0.05, 0.1) is 0 Å². The number of rotatable bonds is 13. The van der Waals surface area contributed by atoms with Gasteiger partial charge in [-0.2, -0.15) is 0 Å². The first-order valence-electron chi connectivity index (χ1n) is 12.2. The molecule has 1 N–H and O–H groups in total. The highest BCUT2D eigenvalue weighted by molar-refractivity contribution is 5.96. The summed E-state index contributed by atoms with van der Waals surface area (Å²) in [6.45, 7) is 2.96. The van der Waals surface area contributed by atoms with Gasteiger partial charge < -0.3 is 5.32 Å². The maximum atomic E-state index is 14.0. The zero-order valence-electron chi connectivity index (χ0n) is 19.4. The Bertz CT molecular complexity index is 809. The van der Waals surface area contributed by atoms with E-state index in [1.54, 1.807) is 0 Å². The van der Waals surface area contributed by atoms with Crippen LogP contribution in [-0.2, 0) is 10.2 Å². The van der Waals surface area contributed by atoms with E-state index in [0.717, 1.165) is 23.1 Å². The monoisotopic (exact) mass is 427 g/mol. The Kier molecular flexibility index (Phi) is 9.56. The summed E-state index contributed by atoms with van der Waals surface area (Å²) >= 11 is 0. The molecule has 3 aromatic rings. The molecule has 0 aromatic heterocycles. The van der Waals surface area contributed by atoms with Gasteiger partial charge in [-0.05, 0) is 23.1 Å². The zero-order valence-corrected chi connectivity index (χ0v) is 19.4. The predicted octanol–water partition coefficient (Wildman–Crippen LogP) is 7.28. The standard InChI is InChI=1S/C30H37NO/c1-2-3-4-5-6-7-8-18-25-31-29(32)30(26-19-12-9-13-20-26,27-21-14-10-15-22-27)28-23-16-11-17-24-28/h9-17,19-24H,2-8,18,25H2,1H3,(H,31,32). The fourth-order valence-corrected chi connectivity index (χ4v) is 4.55. The largest absolute Gasteiger partial charge is 0.355 e. The van der Waals surface area contributed by atoms with Crippen LogP contribution in [0.25, 0.3) is 0 Å². The van der Waals surface area contributed by atoms with Crippen LogP contribution in [-0.4, -0.2) is 12.5 Å². The number of carbonyl (C=O) groups is 1. The molecule has 0 aliphatic carbocycles. The SMILES string of the molecule is CCCCCCCCCCNC(=O)C(c1ccccc1)(c1ccccc1)c1ccccc1. The molecule has 0 saturated heterocycles. The average Bonchev–Trinajstić information content (AvgIpc) is 2.85. The zero-order chi connectivity index (χ0) is 22.5. The lowest BCUT2D eigenvalue weighted by Crippen LogP contribution is -2.46. The minimum atomic E-state index is -0.871. The molecular formula is C30H37NO. The first-order valence-corrected chi connectivity index (χ1v) is 12.2. The van der Waals surface area contributed by atoms with Crippen LogP contribution in [0, 0.1) is 0 Å². The maximum Gasteiger partial charge on any atom is 0.239 e. The average molecular weight is 428 g/mol. The lowest BCUT2D eigenvalue weighted by Gasteiger charge is -2.34. The number of amides is 1. The molecule has 2 heteroatoms. The topological polar surface area (TPSA) is 29.1 Å². The number of carbonyl (C=O) groups excluding carboxylic acids is 1. The summed E-state index contributed by atoms with van der Waals surface area (Å²) in [5.41, 5.74) is 2.10. The molecule has 168 valence electrons. The molecule has 0 unspecified atom stereocenters. The Labute approximate surface area is 194 Å². The molecule has 0 aliphatic rings. The molecule has 2 nitrogen and oxygen atoms in total. The van der Waals surface area contributed by atoms with E-state index in [1.807, 2.05) is 54.6 Å². The molecule has 0 radical (unpaired) electrons. The van der Waals surface area contributed by atoms with E-state index in [-0.39, 0.29) is 5.91 Å². The Morgan fingerprint density at radius 1 is 0.594 bits per heavy atom. The van der Waals surface area contributed by atoms with Crippen molar-refractivity contribution in [3.8, 4) is 0 Å². The first kappa shape index (κ1) is 23.8. The maximum absolute atomic E-state index is 14.0. The number of nitrogens with one attached hydrogen (secondary N) is 1. The highest BCUT2D eigenvalue weighted by Gasteiger charge is 2.43. The normalized spacial score (nSPS) is 11.3. The molecule has 0 spiro atoms. The van der Waals surface area contributed by atoms with Crippen molar-refractivity contribution in [2.24, 2.45) is 0 Å². The molecule has 3 rings (SSSR count). The second kappa shape index (κ2) is 12.9. The minimum Gasteiger partial charge on any atom is -0.355 e. The number of hydrogen-bond donors (Lipinski definition) is 1. The van der Waals surface area contributed by atoms with Gasteiger partial charge in [0, 0.05) is 6.54 Å². The second-order valence-corrected chi connectivity index (χ2v) is 8.58. The molecule has 0 fully saturated rings. The van der Waals surface area contributed by atoms with E-state index in [4.69, 9.17) is 0 Å². The number of unbranched alkanes of at least 4 members (excludes halogenated alkanes) is 7. The van der Waals surface area contributed by atoms with Gasteiger partial charge in [0.15, 0.2) is 0 Å². The van der Waals surface area contributed by atoms with Crippen LogP contribution >= 0.6 is 0 Å². The van der Waals surface area contributed by atoms with Crippen molar-refractivity contribution < 1.29 is 4.79 Å². The van der Waals surface area contributed by atoms with Gasteiger partial charge in [-0.3, -0.25) is 4.79 Å². The summed E-state index contributed by atoms with van der Waals surface area (Å²) < 4.78 is 0. The van der Waals surface area contributed by atoms with E-state index in [2.05, 4.69) is 48.6 Å². The summed E-state index contributed by atoms with van der Waals surface area (Å²) in [6, 6.07) is 30.5. The fraction of sp³-hybridized carbons (Fsp3) is 0.367. The van der Waals surface area contributed by atoms with Crippen molar-refractivity contribution in [2.75, 3.05) is 6.54 Å². The van der Waals surface area contributed by atoms with E-state index in [9.17, 15) is 4.79 Å². The smallest absolute Gasteiger partial charge is 0.239 e. The second-order valence-electron chi connectivity index (χ2n) is 8.58. The molecule has 0 saturated carbocycles. The summed E-state index contributed by atoms with van der Waals surface area (Å²) in [6.07, 6.45) is 10.1. The molecule has 0 bridgehead atoms. The molecule has 1 amide bonds. The summed E-state index contributed by atoms with van der Waals surface area (Å²) in [5.74, 6) is 0.0454. The van der Waals surface area contributed by atoms with Crippen LogP contribution in [0.5, 0.6) is 0 Å². The van der Waals surface area contributed by atoms with E-state index in [1.165, 1.54) is 44.9 Å². The van der Waals surface area contributed by atoms with Gasteiger partial charge in [-0.1, -0.05) is 143 Å². The van der Waals surface area contributed by atoms with E-state index < -0.39 is 5.41 Å². The Morgan fingerprint density at radius 2 is 0.969 bits per heavy atom. The van der Waals surface area contributed by atoms with Crippen molar-refractivity contribution in [3.05, 3.63) is 108 Å². The van der Waals surface area contributed by atoms with Crippen LogP contribution in [0.15, 0.2) is 91.0 Å². The lowest BCUT2D eigenvalue weighted by atomic mass is 9.68. The Morgan fingerprint density at radius 3 is 1.38 bits per heavy atom. The minimum absolute atomic E-state index is 0.0454. The van der Waals surface area contributed by atoms with Crippen LogP contribution < -0.4 is 5.32 Å². The van der Waals surface area contributed by atoms with E-state index in [0.29, 0.717) is 6.54 Å². The summed E-state index contributed by atoms with van der Waals surface area (Å²) in [4.78, 5) is 14.0. The quantitative estimate of drug-likeness (QED) is 0.225. The van der Waals surface area contributed by atoms with Gasteiger partial charge in [-0.15, -0.1) is 0 Å².